The van der Waals surface area contributed by atoms with E-state index in [1.807, 2.05) is 0 Å². The minimum Gasteiger partial charge on any atom is -0.309 e. The van der Waals surface area contributed by atoms with Crippen molar-refractivity contribution < 1.29 is 0 Å². The van der Waals surface area contributed by atoms with E-state index in [-0.39, 0.29) is 0 Å². The zero-order valence-electron chi connectivity index (χ0n) is 34.7. The van der Waals surface area contributed by atoms with Crippen LogP contribution >= 0.6 is 0 Å². The monoisotopic (exact) mass is 802 g/mol. The summed E-state index contributed by atoms with van der Waals surface area (Å²) < 4.78 is 4.82. The Morgan fingerprint density at radius 2 is 0.857 bits per heavy atom. The average molecular weight is 803 g/mol. The summed E-state index contributed by atoms with van der Waals surface area (Å²) in [6, 6.07) is 75.6. The predicted molar refractivity (Wildman–Crippen MR) is 268 cm³/mol. The molecule has 0 N–H and O–H groups in total. The summed E-state index contributed by atoms with van der Waals surface area (Å²) in [4.78, 5) is 0. The summed E-state index contributed by atoms with van der Waals surface area (Å²) in [5.41, 5.74) is 20.3. The molecule has 2 heteroatoms. The lowest BCUT2D eigenvalue weighted by molar-refractivity contribution is 1.18. The van der Waals surface area contributed by atoms with E-state index in [1.165, 1.54) is 99.2 Å². The molecule has 0 radical (unpaired) electrons. The van der Waals surface area contributed by atoms with Crippen molar-refractivity contribution >= 4 is 49.2 Å². The molecule has 0 fully saturated rings. The smallest absolute Gasteiger partial charge is 0.0541 e. The average Bonchev–Trinajstić information content (AvgIpc) is 3.86. The first-order chi connectivity index (χ1) is 31.2. The fourth-order valence-corrected chi connectivity index (χ4v) is 9.86. The minimum absolute atomic E-state index is 0.858. The van der Waals surface area contributed by atoms with E-state index >= 15 is 0 Å². The van der Waals surface area contributed by atoms with Gasteiger partial charge in [-0.25, -0.2) is 0 Å². The molecule has 0 saturated heterocycles. The fraction of sp³-hybridized carbons (Fsp3) is 0.0164. The van der Waals surface area contributed by atoms with Crippen LogP contribution in [0.15, 0.2) is 237 Å². The maximum atomic E-state index is 4.37. The van der Waals surface area contributed by atoms with Gasteiger partial charge in [0.1, 0.15) is 0 Å². The highest BCUT2D eigenvalue weighted by molar-refractivity contribution is 6.12. The third-order valence-corrected chi connectivity index (χ3v) is 12.9. The molecule has 9 aromatic carbocycles. The maximum absolute atomic E-state index is 4.37. The first-order valence-corrected chi connectivity index (χ1v) is 21.7. The van der Waals surface area contributed by atoms with Gasteiger partial charge >= 0.3 is 0 Å². The normalized spacial score (nSPS) is 13.6. The van der Waals surface area contributed by atoms with E-state index in [1.54, 1.807) is 0 Å². The SMILES string of the molecule is C=C1/C=C\C=C/Cc2cc(-c3ccc(-n4c5ccccc5c5cc(-c6ccc7c(c6)c6ccccc6n7-c6cccc(-c7ccccc7)c6)ccc54)cc3)ccc2-c2ccccc21. The molecule has 12 rings (SSSR count). The van der Waals surface area contributed by atoms with Crippen molar-refractivity contribution in [1.82, 2.24) is 9.13 Å². The van der Waals surface area contributed by atoms with Crippen LogP contribution in [0.1, 0.15) is 11.1 Å². The second kappa shape index (κ2) is 15.1. The highest BCUT2D eigenvalue weighted by Gasteiger charge is 2.18. The second-order valence-corrected chi connectivity index (χ2v) is 16.6. The Morgan fingerprint density at radius 1 is 0.333 bits per heavy atom. The number of para-hydroxylation sites is 2. The molecule has 0 amide bonds. The Kier molecular flexibility index (Phi) is 8.76. The molecule has 296 valence electrons. The molecule has 1 aliphatic rings. The Hall–Kier alpha value is -8.20. The topological polar surface area (TPSA) is 9.86 Å². The van der Waals surface area contributed by atoms with Gasteiger partial charge in [-0.15, -0.1) is 0 Å². The van der Waals surface area contributed by atoms with E-state index in [0.29, 0.717) is 0 Å². The molecule has 2 aromatic heterocycles. The second-order valence-electron chi connectivity index (χ2n) is 16.6. The molecular formula is C61H42N2. The molecule has 0 saturated carbocycles. The molecule has 0 spiro atoms. The van der Waals surface area contributed by atoms with Crippen LogP contribution in [0.4, 0.5) is 0 Å². The number of hydrogen-bond acceptors (Lipinski definition) is 0. The summed E-state index contributed by atoms with van der Waals surface area (Å²) in [6.07, 6.45) is 9.41. The number of hydrogen-bond donors (Lipinski definition) is 0. The summed E-state index contributed by atoms with van der Waals surface area (Å²) in [5.74, 6) is 0. The van der Waals surface area contributed by atoms with Gasteiger partial charge in [-0.1, -0.05) is 176 Å². The first kappa shape index (κ1) is 36.6. The van der Waals surface area contributed by atoms with Crippen molar-refractivity contribution in [2.45, 2.75) is 6.42 Å². The van der Waals surface area contributed by atoms with E-state index < -0.39 is 0 Å². The highest BCUT2D eigenvalue weighted by Crippen LogP contribution is 2.40. The van der Waals surface area contributed by atoms with E-state index in [0.717, 1.165) is 23.4 Å². The summed E-state index contributed by atoms with van der Waals surface area (Å²) in [7, 11) is 0. The molecule has 63 heavy (non-hydrogen) atoms. The molecule has 2 nitrogen and oxygen atoms in total. The van der Waals surface area contributed by atoms with Crippen LogP contribution in [0.2, 0.25) is 0 Å². The number of benzene rings is 9. The van der Waals surface area contributed by atoms with Crippen LogP contribution in [-0.2, 0) is 6.42 Å². The van der Waals surface area contributed by atoms with Crippen molar-refractivity contribution in [2.24, 2.45) is 0 Å². The van der Waals surface area contributed by atoms with E-state index in [4.69, 9.17) is 0 Å². The molecule has 0 bridgehead atoms. The molecule has 11 aromatic rings. The largest absolute Gasteiger partial charge is 0.309 e. The molecule has 0 unspecified atom stereocenters. The van der Waals surface area contributed by atoms with Crippen molar-refractivity contribution in [2.75, 3.05) is 0 Å². The van der Waals surface area contributed by atoms with Gasteiger partial charge in [-0.2, -0.15) is 0 Å². The van der Waals surface area contributed by atoms with Gasteiger partial charge in [0.2, 0.25) is 0 Å². The Balaban J connectivity index is 0.917. The zero-order valence-corrected chi connectivity index (χ0v) is 34.7. The fourth-order valence-electron chi connectivity index (χ4n) is 9.86. The number of allylic oxidation sites excluding steroid dienone is 5. The van der Waals surface area contributed by atoms with Gasteiger partial charge in [0.05, 0.1) is 22.1 Å². The van der Waals surface area contributed by atoms with Crippen LogP contribution in [0.25, 0.3) is 105 Å². The third kappa shape index (κ3) is 6.26. The van der Waals surface area contributed by atoms with E-state index in [9.17, 15) is 0 Å². The lowest BCUT2D eigenvalue weighted by atomic mass is 9.88. The number of fused-ring (bicyclic) bond motifs is 9. The van der Waals surface area contributed by atoms with Gasteiger partial charge in [0.25, 0.3) is 0 Å². The minimum atomic E-state index is 0.858. The van der Waals surface area contributed by atoms with Gasteiger partial charge in [0, 0.05) is 32.9 Å². The molecule has 0 atom stereocenters. The maximum Gasteiger partial charge on any atom is 0.0541 e. The Bertz CT molecular complexity index is 3650. The predicted octanol–water partition coefficient (Wildman–Crippen LogP) is 16.2. The lowest BCUT2D eigenvalue weighted by Gasteiger charge is -2.16. The summed E-state index contributed by atoms with van der Waals surface area (Å²) in [6.45, 7) is 4.37. The summed E-state index contributed by atoms with van der Waals surface area (Å²) in [5, 5.41) is 4.98. The quantitative estimate of drug-likeness (QED) is 0.164. The first-order valence-electron chi connectivity index (χ1n) is 21.7. The molecule has 1 aliphatic carbocycles. The van der Waals surface area contributed by atoms with Gasteiger partial charge in [0.15, 0.2) is 0 Å². The van der Waals surface area contributed by atoms with Crippen LogP contribution < -0.4 is 0 Å². The number of rotatable bonds is 5. The van der Waals surface area contributed by atoms with Crippen LogP contribution in [-0.4, -0.2) is 9.13 Å². The zero-order chi connectivity index (χ0) is 41.9. The van der Waals surface area contributed by atoms with E-state index in [2.05, 4.69) is 246 Å². The third-order valence-electron chi connectivity index (χ3n) is 12.9. The standard InChI is InChI=1S/C61H42N2/c1-41-15-4-2-7-18-48-37-45(29-34-52(48)53-22-9-8-21-51(41)53)43-27-32-49(33-28-43)62-58-25-12-10-23-54(58)56-39-46(30-35-60(56)62)47-31-36-61-57(40-47)55-24-11-13-26-59(55)63(61)50-20-14-19-44(38-50)42-16-5-3-6-17-42/h2-17,19-40H,1,18H2/b7-2-,15-4-. The lowest BCUT2D eigenvalue weighted by Crippen LogP contribution is -1.95. The highest BCUT2D eigenvalue weighted by atomic mass is 15.0. The van der Waals surface area contributed by atoms with Gasteiger partial charge < -0.3 is 9.13 Å². The Morgan fingerprint density at radius 3 is 1.57 bits per heavy atom. The number of nitrogens with zero attached hydrogens (tertiary/aromatic N) is 2. The van der Waals surface area contributed by atoms with Crippen LogP contribution in [0, 0.1) is 0 Å². The van der Waals surface area contributed by atoms with Crippen LogP contribution in [0.3, 0.4) is 0 Å². The van der Waals surface area contributed by atoms with Crippen molar-refractivity contribution in [1.29, 1.82) is 0 Å². The van der Waals surface area contributed by atoms with Crippen molar-refractivity contribution in [3.8, 4) is 55.9 Å². The van der Waals surface area contributed by atoms with Crippen LogP contribution in [0.5, 0.6) is 0 Å². The Labute approximate surface area is 367 Å². The van der Waals surface area contributed by atoms with Crippen molar-refractivity contribution in [3.05, 3.63) is 248 Å². The van der Waals surface area contributed by atoms with Gasteiger partial charge in [-0.3, -0.25) is 0 Å². The molecular weight excluding hydrogens is 761 g/mol. The number of aromatic nitrogens is 2. The van der Waals surface area contributed by atoms with Crippen molar-refractivity contribution in [3.63, 3.8) is 0 Å². The van der Waals surface area contributed by atoms with Gasteiger partial charge in [-0.05, 0) is 128 Å². The summed E-state index contributed by atoms with van der Waals surface area (Å²) >= 11 is 0. The molecule has 0 aliphatic heterocycles. The molecule has 2 heterocycles.